The van der Waals surface area contributed by atoms with Crippen molar-refractivity contribution in [1.82, 2.24) is 4.90 Å². The predicted octanol–water partition coefficient (Wildman–Crippen LogP) is 2.52. The van der Waals surface area contributed by atoms with Crippen LogP contribution >= 0.6 is 0 Å². The molecule has 0 aromatic carbocycles. The van der Waals surface area contributed by atoms with Gasteiger partial charge in [0.05, 0.1) is 11.7 Å². The molecule has 0 amide bonds. The number of carbonyl (C=O) groups is 1. The van der Waals surface area contributed by atoms with Gasteiger partial charge in [0.2, 0.25) is 0 Å². The molecule has 2 atom stereocenters. The van der Waals surface area contributed by atoms with Gasteiger partial charge in [0.1, 0.15) is 0 Å². The molecule has 2 aliphatic heterocycles. The summed E-state index contributed by atoms with van der Waals surface area (Å²) in [4.78, 5) is 13.1. The third-order valence-electron chi connectivity index (χ3n) is 4.39. The molecule has 2 heterocycles. The zero-order chi connectivity index (χ0) is 13.9. The van der Waals surface area contributed by atoms with Crippen molar-refractivity contribution in [1.29, 1.82) is 0 Å². The minimum atomic E-state index is -0.669. The third kappa shape index (κ3) is 4.77. The maximum absolute atomic E-state index is 10.6. The van der Waals surface area contributed by atoms with E-state index in [1.807, 2.05) is 0 Å². The van der Waals surface area contributed by atoms with Gasteiger partial charge >= 0.3 is 5.97 Å². The molecule has 2 unspecified atom stereocenters. The second kappa shape index (κ2) is 6.23. The number of rotatable bonds is 5. The van der Waals surface area contributed by atoms with E-state index in [4.69, 9.17) is 9.84 Å². The molecule has 19 heavy (non-hydrogen) atoms. The van der Waals surface area contributed by atoms with Crippen molar-refractivity contribution in [3.05, 3.63) is 0 Å². The predicted molar refractivity (Wildman–Crippen MR) is 74.2 cm³/mol. The fraction of sp³-hybridized carbons (Fsp3) is 0.933. The van der Waals surface area contributed by atoms with Gasteiger partial charge in [-0.15, -0.1) is 0 Å². The van der Waals surface area contributed by atoms with E-state index >= 15 is 0 Å². The highest BCUT2D eigenvalue weighted by Gasteiger charge is 2.33. The maximum atomic E-state index is 10.6. The molecule has 2 rings (SSSR count). The molecule has 0 aromatic heterocycles. The van der Waals surface area contributed by atoms with Crippen molar-refractivity contribution in [2.24, 2.45) is 5.92 Å². The number of ether oxygens (including phenoxy) is 1. The first-order valence-corrected chi connectivity index (χ1v) is 7.56. The fourth-order valence-corrected chi connectivity index (χ4v) is 3.37. The number of nitrogens with zero attached hydrogens (tertiary/aromatic N) is 1. The molecule has 1 N–H and O–H groups in total. The van der Waals surface area contributed by atoms with E-state index in [0.29, 0.717) is 18.4 Å². The number of carboxylic acids is 1. The molecule has 0 spiro atoms. The first-order chi connectivity index (χ1) is 8.94. The van der Waals surface area contributed by atoms with E-state index in [1.54, 1.807) is 0 Å². The second-order valence-electron chi connectivity index (χ2n) is 6.74. The topological polar surface area (TPSA) is 49.8 Å². The van der Waals surface area contributed by atoms with E-state index < -0.39 is 5.97 Å². The van der Waals surface area contributed by atoms with Gasteiger partial charge in [-0.3, -0.25) is 4.79 Å². The van der Waals surface area contributed by atoms with Crippen LogP contribution in [0.4, 0.5) is 0 Å². The largest absolute Gasteiger partial charge is 0.481 e. The summed E-state index contributed by atoms with van der Waals surface area (Å²) >= 11 is 0. The Kier molecular flexibility index (Phi) is 4.85. The van der Waals surface area contributed by atoms with Gasteiger partial charge in [-0.2, -0.15) is 0 Å². The van der Waals surface area contributed by atoms with E-state index in [2.05, 4.69) is 18.7 Å². The van der Waals surface area contributed by atoms with Crippen LogP contribution in [0, 0.1) is 5.92 Å². The monoisotopic (exact) mass is 269 g/mol. The van der Waals surface area contributed by atoms with Crippen LogP contribution < -0.4 is 0 Å². The van der Waals surface area contributed by atoms with E-state index in [1.165, 1.54) is 12.8 Å². The van der Waals surface area contributed by atoms with Gasteiger partial charge in [0.25, 0.3) is 0 Å². The van der Waals surface area contributed by atoms with Crippen molar-refractivity contribution in [3.8, 4) is 0 Å². The highest BCUT2D eigenvalue weighted by atomic mass is 16.5. The van der Waals surface area contributed by atoms with Crippen LogP contribution in [0.15, 0.2) is 0 Å². The van der Waals surface area contributed by atoms with Crippen molar-refractivity contribution in [3.63, 3.8) is 0 Å². The van der Waals surface area contributed by atoms with Crippen LogP contribution in [0.3, 0.4) is 0 Å². The average molecular weight is 269 g/mol. The molecular formula is C15H27NO3. The molecule has 2 fully saturated rings. The Bertz CT molecular complexity index is 317. The molecule has 0 aromatic rings. The maximum Gasteiger partial charge on any atom is 0.303 e. The van der Waals surface area contributed by atoms with Gasteiger partial charge in [-0.25, -0.2) is 0 Å². The summed E-state index contributed by atoms with van der Waals surface area (Å²) in [5, 5.41) is 8.76. The van der Waals surface area contributed by atoms with Crippen LogP contribution in [-0.4, -0.2) is 47.3 Å². The second-order valence-corrected chi connectivity index (χ2v) is 6.74. The van der Waals surface area contributed by atoms with Crippen LogP contribution in [0.25, 0.3) is 0 Å². The molecule has 0 saturated carbocycles. The summed E-state index contributed by atoms with van der Waals surface area (Å²) in [6.45, 7) is 7.54. The highest BCUT2D eigenvalue weighted by molar-refractivity contribution is 5.66. The molecule has 4 nitrogen and oxygen atoms in total. The minimum Gasteiger partial charge on any atom is -0.481 e. The van der Waals surface area contributed by atoms with E-state index in [-0.39, 0.29) is 5.60 Å². The van der Waals surface area contributed by atoms with Gasteiger partial charge in [0, 0.05) is 19.5 Å². The Hall–Kier alpha value is -0.610. The molecule has 2 aliphatic rings. The zero-order valence-corrected chi connectivity index (χ0v) is 12.2. The van der Waals surface area contributed by atoms with Crippen LogP contribution in [-0.2, 0) is 9.53 Å². The Labute approximate surface area is 116 Å². The summed E-state index contributed by atoms with van der Waals surface area (Å²) in [5.74, 6) is -0.114. The minimum absolute atomic E-state index is 0.0448. The molecule has 110 valence electrons. The van der Waals surface area contributed by atoms with Crippen molar-refractivity contribution >= 4 is 5.97 Å². The summed E-state index contributed by atoms with van der Waals surface area (Å²) in [6.07, 6.45) is 6.18. The number of carboxylic acid groups (broad SMARTS) is 1. The normalized spacial score (nSPS) is 31.5. The third-order valence-corrected chi connectivity index (χ3v) is 4.39. The molecule has 2 saturated heterocycles. The van der Waals surface area contributed by atoms with E-state index in [9.17, 15) is 4.79 Å². The van der Waals surface area contributed by atoms with Crippen molar-refractivity contribution < 1.29 is 14.6 Å². The smallest absolute Gasteiger partial charge is 0.303 e. The van der Waals surface area contributed by atoms with E-state index in [0.717, 1.165) is 38.9 Å². The number of aliphatic carboxylic acids is 1. The Morgan fingerprint density at radius 2 is 2.21 bits per heavy atom. The lowest BCUT2D eigenvalue weighted by Crippen LogP contribution is -2.40. The first kappa shape index (κ1) is 14.8. The SMILES string of the molecule is CC1(C)CCC(CN2CCCC(CCC(=O)O)C2)O1. The summed E-state index contributed by atoms with van der Waals surface area (Å²) < 4.78 is 6.05. The lowest BCUT2D eigenvalue weighted by atomic mass is 9.93. The van der Waals surface area contributed by atoms with Crippen LogP contribution in [0.2, 0.25) is 0 Å². The summed E-state index contributed by atoms with van der Waals surface area (Å²) in [6, 6.07) is 0. The number of hydrogen-bond acceptors (Lipinski definition) is 3. The zero-order valence-electron chi connectivity index (χ0n) is 12.2. The van der Waals surface area contributed by atoms with Crippen molar-refractivity contribution in [2.45, 2.75) is 64.1 Å². The number of hydrogen-bond donors (Lipinski definition) is 1. The Balaban J connectivity index is 1.73. The average Bonchev–Trinajstić information content (AvgIpc) is 2.66. The standard InChI is InChI=1S/C15H27NO3/c1-15(2)8-7-13(19-15)11-16-9-3-4-12(10-16)5-6-14(17)18/h12-13H,3-11H2,1-2H3,(H,17,18). The van der Waals surface area contributed by atoms with Gasteiger partial charge in [-0.05, 0) is 58.4 Å². The number of piperidine rings is 1. The molecule has 0 bridgehead atoms. The lowest BCUT2D eigenvalue weighted by Gasteiger charge is -2.34. The Morgan fingerprint density at radius 3 is 2.84 bits per heavy atom. The highest BCUT2D eigenvalue weighted by Crippen LogP contribution is 2.30. The quantitative estimate of drug-likeness (QED) is 0.833. The van der Waals surface area contributed by atoms with Gasteiger partial charge < -0.3 is 14.7 Å². The van der Waals surface area contributed by atoms with Crippen molar-refractivity contribution in [2.75, 3.05) is 19.6 Å². The molecule has 0 radical (unpaired) electrons. The number of likely N-dealkylation sites (tertiary alicyclic amines) is 1. The molecule has 0 aliphatic carbocycles. The van der Waals surface area contributed by atoms with Crippen LogP contribution in [0.5, 0.6) is 0 Å². The Morgan fingerprint density at radius 1 is 1.42 bits per heavy atom. The van der Waals surface area contributed by atoms with Gasteiger partial charge in [-0.1, -0.05) is 0 Å². The van der Waals surface area contributed by atoms with Gasteiger partial charge in [0.15, 0.2) is 0 Å². The fourth-order valence-electron chi connectivity index (χ4n) is 3.37. The molecular weight excluding hydrogens is 242 g/mol. The molecule has 4 heteroatoms. The lowest BCUT2D eigenvalue weighted by molar-refractivity contribution is -0.137. The summed E-state index contributed by atoms with van der Waals surface area (Å²) in [7, 11) is 0. The first-order valence-electron chi connectivity index (χ1n) is 7.56. The summed E-state index contributed by atoms with van der Waals surface area (Å²) in [5.41, 5.74) is 0.0448. The van der Waals surface area contributed by atoms with Crippen LogP contribution in [0.1, 0.15) is 52.4 Å².